The van der Waals surface area contributed by atoms with Crippen LogP contribution in [-0.4, -0.2) is 25.1 Å². The Kier molecular flexibility index (Phi) is 5.36. The number of aryl methyl sites for hydroxylation is 2. The maximum absolute atomic E-state index is 11.3. The van der Waals surface area contributed by atoms with E-state index in [9.17, 15) is 4.79 Å². The summed E-state index contributed by atoms with van der Waals surface area (Å²) >= 11 is 0. The normalized spacial score (nSPS) is 13.9. The molecule has 1 amide bonds. The highest BCUT2D eigenvalue weighted by Gasteiger charge is 2.28. The second-order valence-corrected chi connectivity index (χ2v) is 5.17. The van der Waals surface area contributed by atoms with Crippen LogP contribution in [0, 0.1) is 13.8 Å². The molecule has 0 saturated heterocycles. The van der Waals surface area contributed by atoms with Crippen molar-refractivity contribution in [3.8, 4) is 5.75 Å². The van der Waals surface area contributed by atoms with Gasteiger partial charge in [0.25, 0.3) is 0 Å². The lowest BCUT2D eigenvalue weighted by Crippen LogP contribution is -2.51. The fourth-order valence-electron chi connectivity index (χ4n) is 1.94. The van der Waals surface area contributed by atoms with Crippen molar-refractivity contribution in [1.82, 2.24) is 5.32 Å². The van der Waals surface area contributed by atoms with Crippen LogP contribution in [0.3, 0.4) is 0 Å². The van der Waals surface area contributed by atoms with Crippen molar-refractivity contribution in [3.05, 3.63) is 29.3 Å². The molecule has 1 unspecified atom stereocenters. The summed E-state index contributed by atoms with van der Waals surface area (Å²) in [4.78, 5) is 11.3. The number of hydrogen-bond donors (Lipinski definition) is 2. The predicted molar refractivity (Wildman–Crippen MR) is 77.3 cm³/mol. The topological polar surface area (TPSA) is 64.3 Å². The van der Waals surface area contributed by atoms with Crippen molar-refractivity contribution in [2.24, 2.45) is 5.73 Å². The highest BCUT2D eigenvalue weighted by molar-refractivity contribution is 5.84. The van der Waals surface area contributed by atoms with Gasteiger partial charge >= 0.3 is 0 Å². The summed E-state index contributed by atoms with van der Waals surface area (Å²) in [7, 11) is 1.75. The van der Waals surface area contributed by atoms with E-state index in [1.54, 1.807) is 7.05 Å². The van der Waals surface area contributed by atoms with Crippen LogP contribution in [0.15, 0.2) is 18.2 Å². The van der Waals surface area contributed by atoms with Crippen LogP contribution in [0.4, 0.5) is 0 Å². The lowest BCUT2D eigenvalue weighted by molar-refractivity contribution is -0.123. The van der Waals surface area contributed by atoms with E-state index in [1.807, 2.05) is 26.0 Å². The molecule has 0 aliphatic rings. The van der Waals surface area contributed by atoms with Crippen molar-refractivity contribution in [1.29, 1.82) is 0 Å². The van der Waals surface area contributed by atoms with Crippen LogP contribution in [-0.2, 0) is 4.79 Å². The SMILES string of the molecule is CNC(C)(CCCOc1ccc(C)cc1C)C(N)=O. The lowest BCUT2D eigenvalue weighted by atomic mass is 9.95. The Morgan fingerprint density at radius 2 is 2.11 bits per heavy atom. The molecule has 1 rings (SSSR count). The molecule has 1 atom stereocenters. The van der Waals surface area contributed by atoms with Crippen LogP contribution in [0.2, 0.25) is 0 Å². The summed E-state index contributed by atoms with van der Waals surface area (Å²) in [5.41, 5.74) is 7.07. The van der Waals surface area contributed by atoms with E-state index in [4.69, 9.17) is 10.5 Å². The van der Waals surface area contributed by atoms with Crippen molar-refractivity contribution >= 4 is 5.91 Å². The number of benzene rings is 1. The van der Waals surface area contributed by atoms with Crippen molar-refractivity contribution in [2.75, 3.05) is 13.7 Å². The number of ether oxygens (including phenoxy) is 1. The number of carbonyl (C=O) groups excluding carboxylic acids is 1. The van der Waals surface area contributed by atoms with Gasteiger partial charge in [-0.3, -0.25) is 4.79 Å². The first-order valence-electron chi connectivity index (χ1n) is 6.58. The van der Waals surface area contributed by atoms with Gasteiger partial charge in [0.2, 0.25) is 5.91 Å². The molecular weight excluding hydrogens is 240 g/mol. The molecule has 0 spiro atoms. The largest absolute Gasteiger partial charge is 0.493 e. The average molecular weight is 264 g/mol. The highest BCUT2D eigenvalue weighted by Crippen LogP contribution is 2.19. The lowest BCUT2D eigenvalue weighted by Gasteiger charge is -2.25. The zero-order valence-corrected chi connectivity index (χ0v) is 12.2. The van der Waals surface area contributed by atoms with Gasteiger partial charge in [-0.05, 0) is 52.3 Å². The zero-order chi connectivity index (χ0) is 14.5. The molecule has 0 aromatic heterocycles. The van der Waals surface area contributed by atoms with Gasteiger partial charge in [-0.2, -0.15) is 0 Å². The first kappa shape index (κ1) is 15.5. The second kappa shape index (κ2) is 6.57. The van der Waals surface area contributed by atoms with E-state index >= 15 is 0 Å². The minimum absolute atomic E-state index is 0.332. The van der Waals surface area contributed by atoms with E-state index in [0.717, 1.165) is 17.7 Å². The zero-order valence-electron chi connectivity index (χ0n) is 12.2. The van der Waals surface area contributed by atoms with Crippen molar-refractivity contribution < 1.29 is 9.53 Å². The molecule has 0 heterocycles. The molecule has 19 heavy (non-hydrogen) atoms. The van der Waals surface area contributed by atoms with Gasteiger partial charge in [0, 0.05) is 0 Å². The standard InChI is InChI=1S/C15H24N2O2/c1-11-6-7-13(12(2)10-11)19-9-5-8-15(3,17-4)14(16)18/h6-7,10,17H,5,8-9H2,1-4H3,(H2,16,18). The highest BCUT2D eigenvalue weighted by atomic mass is 16.5. The summed E-state index contributed by atoms with van der Waals surface area (Å²) in [6.07, 6.45) is 1.43. The molecule has 106 valence electrons. The Bertz CT molecular complexity index is 446. The summed E-state index contributed by atoms with van der Waals surface area (Å²) in [5.74, 6) is 0.567. The van der Waals surface area contributed by atoms with Crippen molar-refractivity contribution in [3.63, 3.8) is 0 Å². The predicted octanol–water partition coefficient (Wildman–Crippen LogP) is 1.93. The number of primary amides is 1. The number of carbonyl (C=O) groups is 1. The maximum atomic E-state index is 11.3. The van der Waals surface area contributed by atoms with E-state index in [2.05, 4.69) is 18.3 Å². The van der Waals surface area contributed by atoms with Crippen LogP contribution in [0.5, 0.6) is 5.75 Å². The molecule has 0 aliphatic heterocycles. The van der Waals surface area contributed by atoms with Crippen LogP contribution < -0.4 is 15.8 Å². The number of rotatable bonds is 7. The van der Waals surface area contributed by atoms with Gasteiger partial charge in [-0.15, -0.1) is 0 Å². The number of nitrogens with one attached hydrogen (secondary N) is 1. The Morgan fingerprint density at radius 3 is 2.63 bits per heavy atom. The number of likely N-dealkylation sites (N-methyl/N-ethyl adjacent to an activating group) is 1. The Morgan fingerprint density at radius 1 is 1.42 bits per heavy atom. The molecule has 0 saturated carbocycles. The monoisotopic (exact) mass is 264 g/mol. The molecule has 0 bridgehead atoms. The van der Waals surface area contributed by atoms with Gasteiger partial charge < -0.3 is 15.8 Å². The van der Waals surface area contributed by atoms with Crippen LogP contribution >= 0.6 is 0 Å². The third-order valence-corrected chi connectivity index (χ3v) is 3.50. The van der Waals surface area contributed by atoms with E-state index in [0.29, 0.717) is 13.0 Å². The minimum atomic E-state index is -0.661. The fourth-order valence-corrected chi connectivity index (χ4v) is 1.94. The third-order valence-electron chi connectivity index (χ3n) is 3.50. The first-order chi connectivity index (χ1) is 8.89. The summed E-state index contributed by atoms with van der Waals surface area (Å²) in [5, 5.41) is 2.97. The Labute approximate surface area is 115 Å². The summed E-state index contributed by atoms with van der Waals surface area (Å²) < 4.78 is 5.73. The molecule has 3 N–H and O–H groups in total. The molecule has 4 heteroatoms. The molecule has 1 aromatic rings. The van der Waals surface area contributed by atoms with E-state index in [-0.39, 0.29) is 5.91 Å². The van der Waals surface area contributed by atoms with Gasteiger partial charge in [0.05, 0.1) is 12.1 Å². The maximum Gasteiger partial charge on any atom is 0.237 e. The number of amides is 1. The third kappa shape index (κ3) is 4.24. The molecule has 1 aromatic carbocycles. The van der Waals surface area contributed by atoms with Crippen LogP contribution in [0.25, 0.3) is 0 Å². The number of hydrogen-bond acceptors (Lipinski definition) is 3. The van der Waals surface area contributed by atoms with Gasteiger partial charge in [0.1, 0.15) is 5.75 Å². The smallest absolute Gasteiger partial charge is 0.237 e. The average Bonchev–Trinajstić information content (AvgIpc) is 2.36. The molecule has 4 nitrogen and oxygen atoms in total. The van der Waals surface area contributed by atoms with E-state index < -0.39 is 5.54 Å². The molecule has 0 fully saturated rings. The quantitative estimate of drug-likeness (QED) is 0.740. The Balaban J connectivity index is 2.45. The van der Waals surface area contributed by atoms with Gasteiger partial charge in [-0.1, -0.05) is 17.7 Å². The summed E-state index contributed by atoms with van der Waals surface area (Å²) in [6, 6.07) is 6.11. The Hall–Kier alpha value is -1.55. The van der Waals surface area contributed by atoms with Gasteiger partial charge in [-0.25, -0.2) is 0 Å². The second-order valence-electron chi connectivity index (χ2n) is 5.17. The molecule has 0 aliphatic carbocycles. The molecular formula is C15H24N2O2. The van der Waals surface area contributed by atoms with E-state index in [1.165, 1.54) is 5.56 Å². The fraction of sp³-hybridized carbons (Fsp3) is 0.533. The van der Waals surface area contributed by atoms with Gasteiger partial charge in [0.15, 0.2) is 0 Å². The minimum Gasteiger partial charge on any atom is -0.493 e. The first-order valence-corrected chi connectivity index (χ1v) is 6.58. The summed E-state index contributed by atoms with van der Waals surface area (Å²) in [6.45, 7) is 6.48. The number of nitrogens with two attached hydrogens (primary N) is 1. The van der Waals surface area contributed by atoms with Crippen molar-refractivity contribution in [2.45, 2.75) is 39.2 Å². The van der Waals surface area contributed by atoms with Crippen LogP contribution in [0.1, 0.15) is 30.9 Å². The molecule has 0 radical (unpaired) electrons.